The van der Waals surface area contributed by atoms with Crippen molar-refractivity contribution in [3.05, 3.63) is 76.9 Å². The predicted molar refractivity (Wildman–Crippen MR) is 104 cm³/mol. The Morgan fingerprint density at radius 2 is 1.92 bits per heavy atom. The van der Waals surface area contributed by atoms with E-state index in [9.17, 15) is 4.79 Å². The third kappa shape index (κ3) is 5.04. The summed E-state index contributed by atoms with van der Waals surface area (Å²) in [5, 5.41) is 6.50. The first-order chi connectivity index (χ1) is 12.2. The molecule has 0 radical (unpaired) electrons. The molecular formula is C22H26N2O. The maximum Gasteiger partial charge on any atom is 0.251 e. The van der Waals surface area contributed by atoms with Gasteiger partial charge < -0.3 is 10.6 Å². The van der Waals surface area contributed by atoms with Gasteiger partial charge in [-0.2, -0.15) is 0 Å². The van der Waals surface area contributed by atoms with Crippen LogP contribution in [0.15, 0.2) is 60.2 Å². The van der Waals surface area contributed by atoms with E-state index in [4.69, 9.17) is 0 Å². The number of carbonyl (C=O) groups excluding carboxylic acids is 1. The molecule has 0 saturated carbocycles. The van der Waals surface area contributed by atoms with Gasteiger partial charge in [0.15, 0.2) is 0 Å². The fourth-order valence-electron chi connectivity index (χ4n) is 3.32. The second-order valence-corrected chi connectivity index (χ2v) is 6.74. The van der Waals surface area contributed by atoms with Crippen molar-refractivity contribution in [3.8, 4) is 0 Å². The molecule has 25 heavy (non-hydrogen) atoms. The van der Waals surface area contributed by atoms with Crippen LogP contribution in [0.5, 0.6) is 0 Å². The van der Waals surface area contributed by atoms with Gasteiger partial charge in [0.2, 0.25) is 0 Å². The van der Waals surface area contributed by atoms with E-state index in [1.807, 2.05) is 42.5 Å². The molecule has 1 fully saturated rings. The molecule has 1 saturated heterocycles. The fraction of sp³-hybridized carbons (Fsp3) is 0.318. The topological polar surface area (TPSA) is 41.1 Å². The third-order valence-electron chi connectivity index (χ3n) is 4.62. The Kier molecular flexibility index (Phi) is 6.02. The normalized spacial score (nSPS) is 17.5. The predicted octanol–water partition coefficient (Wildman–Crippen LogP) is 3.81. The molecule has 130 valence electrons. The molecule has 2 aromatic rings. The molecule has 3 heteroatoms. The van der Waals surface area contributed by atoms with Crippen molar-refractivity contribution in [2.45, 2.75) is 32.2 Å². The van der Waals surface area contributed by atoms with Crippen molar-refractivity contribution >= 4 is 12.0 Å². The average molecular weight is 334 g/mol. The number of allylic oxidation sites excluding steroid dienone is 1. The maximum absolute atomic E-state index is 12.6. The van der Waals surface area contributed by atoms with Gasteiger partial charge in [-0.1, -0.05) is 60.2 Å². The molecule has 0 spiro atoms. The van der Waals surface area contributed by atoms with Crippen LogP contribution in [0.1, 0.15) is 41.3 Å². The number of benzene rings is 2. The summed E-state index contributed by atoms with van der Waals surface area (Å²) in [4.78, 5) is 12.6. The van der Waals surface area contributed by atoms with E-state index in [1.165, 1.54) is 17.6 Å². The zero-order valence-electron chi connectivity index (χ0n) is 14.8. The van der Waals surface area contributed by atoms with Gasteiger partial charge >= 0.3 is 0 Å². The van der Waals surface area contributed by atoms with E-state index < -0.39 is 0 Å². The number of amides is 1. The van der Waals surface area contributed by atoms with Crippen LogP contribution in [-0.2, 0) is 6.42 Å². The summed E-state index contributed by atoms with van der Waals surface area (Å²) in [6.07, 6.45) is 5.29. The minimum absolute atomic E-state index is 0.0248. The Morgan fingerprint density at radius 3 is 2.68 bits per heavy atom. The molecule has 1 heterocycles. The van der Waals surface area contributed by atoms with E-state index >= 15 is 0 Å². The molecule has 1 atom stereocenters. The molecule has 2 aromatic carbocycles. The summed E-state index contributed by atoms with van der Waals surface area (Å²) in [6.45, 7) is 3.87. The number of rotatable bonds is 6. The molecule has 0 aromatic heterocycles. The van der Waals surface area contributed by atoms with Crippen LogP contribution < -0.4 is 10.6 Å². The molecule has 2 N–H and O–H groups in total. The lowest BCUT2D eigenvalue weighted by molar-refractivity contribution is 0.0949. The van der Waals surface area contributed by atoms with Gasteiger partial charge in [-0.3, -0.25) is 4.79 Å². The van der Waals surface area contributed by atoms with Gasteiger partial charge in [-0.05, 0) is 49.9 Å². The van der Waals surface area contributed by atoms with Crippen LogP contribution in [-0.4, -0.2) is 25.0 Å². The summed E-state index contributed by atoms with van der Waals surface area (Å²) in [7, 11) is 0. The van der Waals surface area contributed by atoms with E-state index in [1.54, 1.807) is 0 Å². The quantitative estimate of drug-likeness (QED) is 0.843. The van der Waals surface area contributed by atoms with E-state index in [-0.39, 0.29) is 5.91 Å². The molecule has 1 unspecified atom stereocenters. The van der Waals surface area contributed by atoms with Crippen LogP contribution in [0, 0.1) is 0 Å². The van der Waals surface area contributed by atoms with Crippen LogP contribution >= 0.6 is 0 Å². The second kappa shape index (κ2) is 8.63. The molecular weight excluding hydrogens is 308 g/mol. The Morgan fingerprint density at radius 1 is 1.16 bits per heavy atom. The lowest BCUT2D eigenvalue weighted by Crippen LogP contribution is -2.37. The molecule has 1 amide bonds. The molecule has 1 aliphatic heterocycles. The third-order valence-corrected chi connectivity index (χ3v) is 4.62. The first-order valence-electron chi connectivity index (χ1n) is 9.04. The highest BCUT2D eigenvalue weighted by molar-refractivity contribution is 5.95. The van der Waals surface area contributed by atoms with Gasteiger partial charge in [0, 0.05) is 18.2 Å². The summed E-state index contributed by atoms with van der Waals surface area (Å²) in [6, 6.07) is 18.6. The molecule has 0 aliphatic carbocycles. The SMILES string of the molecule is CC(=Cc1ccccc1)Cc1ccccc1C(=O)NCC1CCCN1. The molecule has 3 nitrogen and oxygen atoms in total. The number of nitrogens with one attached hydrogen (secondary N) is 2. The van der Waals surface area contributed by atoms with E-state index in [0.717, 1.165) is 30.5 Å². The number of hydrogen-bond acceptors (Lipinski definition) is 2. The monoisotopic (exact) mass is 334 g/mol. The van der Waals surface area contributed by atoms with Crippen molar-refractivity contribution in [1.29, 1.82) is 0 Å². The smallest absolute Gasteiger partial charge is 0.251 e. The first-order valence-corrected chi connectivity index (χ1v) is 9.04. The first kappa shape index (κ1) is 17.4. The van der Waals surface area contributed by atoms with Gasteiger partial charge in [-0.15, -0.1) is 0 Å². The minimum Gasteiger partial charge on any atom is -0.350 e. The van der Waals surface area contributed by atoms with Gasteiger partial charge in [0.1, 0.15) is 0 Å². The average Bonchev–Trinajstić information content (AvgIpc) is 3.14. The fourth-order valence-corrected chi connectivity index (χ4v) is 3.32. The molecule has 0 bridgehead atoms. The van der Waals surface area contributed by atoms with Crippen molar-refractivity contribution in [1.82, 2.24) is 10.6 Å². The number of hydrogen-bond donors (Lipinski definition) is 2. The molecule has 3 rings (SSSR count). The highest BCUT2D eigenvalue weighted by Gasteiger charge is 2.16. The lowest BCUT2D eigenvalue weighted by atomic mass is 9.98. The minimum atomic E-state index is 0.0248. The zero-order chi connectivity index (χ0) is 17.5. The summed E-state index contributed by atoms with van der Waals surface area (Å²) >= 11 is 0. The van der Waals surface area contributed by atoms with E-state index in [2.05, 4.69) is 35.8 Å². The number of carbonyl (C=O) groups is 1. The van der Waals surface area contributed by atoms with Crippen molar-refractivity contribution in [3.63, 3.8) is 0 Å². The Hall–Kier alpha value is -2.39. The van der Waals surface area contributed by atoms with Crippen LogP contribution in [0.2, 0.25) is 0 Å². The maximum atomic E-state index is 12.6. The Bertz CT molecular complexity index is 731. The zero-order valence-corrected chi connectivity index (χ0v) is 14.8. The Labute approximate surface area is 150 Å². The van der Waals surface area contributed by atoms with Crippen LogP contribution in [0.3, 0.4) is 0 Å². The van der Waals surface area contributed by atoms with Crippen molar-refractivity contribution in [2.24, 2.45) is 0 Å². The highest BCUT2D eigenvalue weighted by Crippen LogP contribution is 2.16. The largest absolute Gasteiger partial charge is 0.350 e. The van der Waals surface area contributed by atoms with Crippen molar-refractivity contribution in [2.75, 3.05) is 13.1 Å². The lowest BCUT2D eigenvalue weighted by Gasteiger charge is -2.14. The summed E-state index contributed by atoms with van der Waals surface area (Å²) < 4.78 is 0. The Balaban J connectivity index is 1.67. The summed E-state index contributed by atoms with van der Waals surface area (Å²) in [5.74, 6) is 0.0248. The van der Waals surface area contributed by atoms with Crippen LogP contribution in [0.4, 0.5) is 0 Å². The standard InChI is InChI=1S/C22H26N2O/c1-17(14-18-8-3-2-4-9-18)15-19-10-5-6-12-21(19)22(25)24-16-20-11-7-13-23-20/h2-6,8-10,12,14,20,23H,7,11,13,15-16H2,1H3,(H,24,25). The highest BCUT2D eigenvalue weighted by atomic mass is 16.1. The van der Waals surface area contributed by atoms with Crippen LogP contribution in [0.25, 0.3) is 6.08 Å². The molecule has 1 aliphatic rings. The van der Waals surface area contributed by atoms with Gasteiger partial charge in [0.05, 0.1) is 0 Å². The second-order valence-electron chi connectivity index (χ2n) is 6.74. The van der Waals surface area contributed by atoms with Gasteiger partial charge in [-0.25, -0.2) is 0 Å². The van der Waals surface area contributed by atoms with Crippen molar-refractivity contribution < 1.29 is 4.79 Å². The van der Waals surface area contributed by atoms with E-state index in [0.29, 0.717) is 12.6 Å². The summed E-state index contributed by atoms with van der Waals surface area (Å²) in [5.41, 5.74) is 4.28. The van der Waals surface area contributed by atoms with Gasteiger partial charge in [0.25, 0.3) is 5.91 Å².